The third-order valence-electron chi connectivity index (χ3n) is 3.51. The molecular weight excluding hydrogens is 266 g/mol. The zero-order valence-electron chi connectivity index (χ0n) is 12.3. The summed E-state index contributed by atoms with van der Waals surface area (Å²) in [6.45, 7) is 3.84. The molecule has 0 aliphatic carbocycles. The number of carbonyl (C=O) groups is 1. The Hall–Kier alpha value is -2.06. The number of aromatic nitrogens is 1. The Morgan fingerprint density at radius 3 is 2.95 bits per heavy atom. The van der Waals surface area contributed by atoms with Crippen LogP contribution in [0, 0.1) is 17.8 Å². The molecule has 0 atom stereocenters. The lowest BCUT2D eigenvalue weighted by atomic mass is 10.00. The summed E-state index contributed by atoms with van der Waals surface area (Å²) in [5.74, 6) is 6.87. The van der Waals surface area contributed by atoms with E-state index in [1.54, 1.807) is 12.1 Å². The second-order valence-electron chi connectivity index (χ2n) is 5.28. The zero-order valence-corrected chi connectivity index (χ0v) is 12.3. The molecule has 1 aromatic rings. The molecule has 1 fully saturated rings. The topological polar surface area (TPSA) is 65.5 Å². The van der Waals surface area contributed by atoms with Crippen LogP contribution in [0.15, 0.2) is 18.2 Å². The lowest BCUT2D eigenvalue weighted by Gasteiger charge is -2.30. The Morgan fingerprint density at radius 1 is 1.48 bits per heavy atom. The maximum Gasteiger partial charge on any atom is 0.323 e. The van der Waals surface area contributed by atoms with Gasteiger partial charge in [-0.3, -0.25) is 5.32 Å². The Bertz CT molecular complexity index is 540. The van der Waals surface area contributed by atoms with E-state index in [4.69, 9.17) is 5.11 Å². The highest BCUT2D eigenvalue weighted by Gasteiger charge is 2.20. The molecule has 0 spiro atoms. The van der Waals surface area contributed by atoms with E-state index >= 15 is 0 Å². The van der Waals surface area contributed by atoms with Gasteiger partial charge in [0.2, 0.25) is 0 Å². The smallest absolute Gasteiger partial charge is 0.323 e. The number of carbonyl (C=O) groups excluding carboxylic acids is 1. The molecule has 1 saturated heterocycles. The van der Waals surface area contributed by atoms with Gasteiger partial charge in [-0.2, -0.15) is 0 Å². The molecule has 1 aliphatic heterocycles. The minimum absolute atomic E-state index is 0.0385. The van der Waals surface area contributed by atoms with Crippen LogP contribution < -0.4 is 5.32 Å². The molecular formula is C16H21N3O2. The van der Waals surface area contributed by atoms with Crippen molar-refractivity contribution in [3.63, 3.8) is 0 Å². The number of pyridine rings is 1. The number of hydrogen-bond donors (Lipinski definition) is 2. The Balaban J connectivity index is 1.95. The summed E-state index contributed by atoms with van der Waals surface area (Å²) < 4.78 is 0. The molecule has 5 nitrogen and oxygen atoms in total. The van der Waals surface area contributed by atoms with E-state index in [9.17, 15) is 4.79 Å². The lowest BCUT2D eigenvalue weighted by Crippen LogP contribution is -2.40. The van der Waals surface area contributed by atoms with Crippen molar-refractivity contribution in [2.24, 2.45) is 5.92 Å². The van der Waals surface area contributed by atoms with Crippen molar-refractivity contribution in [2.75, 3.05) is 25.0 Å². The summed E-state index contributed by atoms with van der Waals surface area (Å²) in [4.78, 5) is 18.3. The first kappa shape index (κ1) is 15.3. The van der Waals surface area contributed by atoms with Crippen LogP contribution in [0.2, 0.25) is 0 Å². The number of piperidine rings is 1. The molecule has 5 heteroatoms. The predicted octanol–water partition coefficient (Wildman–Crippen LogP) is 2.08. The number of anilines is 1. The van der Waals surface area contributed by atoms with Gasteiger partial charge in [-0.25, -0.2) is 9.78 Å². The predicted molar refractivity (Wildman–Crippen MR) is 81.8 cm³/mol. The summed E-state index contributed by atoms with van der Waals surface area (Å²) in [5.41, 5.74) is 0.591. The van der Waals surface area contributed by atoms with Crippen molar-refractivity contribution in [3.05, 3.63) is 23.9 Å². The second kappa shape index (κ2) is 7.65. The zero-order chi connectivity index (χ0) is 15.1. The number of aliphatic hydroxyl groups is 1. The molecule has 1 aromatic heterocycles. The van der Waals surface area contributed by atoms with Gasteiger partial charge < -0.3 is 10.0 Å². The van der Waals surface area contributed by atoms with Gasteiger partial charge in [-0.1, -0.05) is 18.9 Å². The highest BCUT2D eigenvalue weighted by Crippen LogP contribution is 2.16. The van der Waals surface area contributed by atoms with E-state index in [-0.39, 0.29) is 12.6 Å². The maximum atomic E-state index is 12.2. The molecule has 0 bridgehead atoms. The van der Waals surface area contributed by atoms with Gasteiger partial charge in [0, 0.05) is 19.5 Å². The molecule has 21 heavy (non-hydrogen) atoms. The van der Waals surface area contributed by atoms with Crippen LogP contribution >= 0.6 is 0 Å². The van der Waals surface area contributed by atoms with Crippen LogP contribution in [0.3, 0.4) is 0 Å². The number of nitrogens with one attached hydrogen (secondary N) is 1. The molecule has 0 saturated carbocycles. The summed E-state index contributed by atoms with van der Waals surface area (Å²) in [5, 5.41) is 11.5. The largest absolute Gasteiger partial charge is 0.395 e. The van der Waals surface area contributed by atoms with Gasteiger partial charge >= 0.3 is 6.03 Å². The van der Waals surface area contributed by atoms with E-state index in [0.29, 0.717) is 23.9 Å². The fourth-order valence-electron chi connectivity index (χ4n) is 2.18. The summed E-state index contributed by atoms with van der Waals surface area (Å²) in [7, 11) is 0. The molecule has 0 aromatic carbocycles. The SMILES string of the molecule is CC1CCN(C(=O)Nc2cccc(C#CCCO)n2)CC1. The average Bonchev–Trinajstić information content (AvgIpc) is 2.48. The van der Waals surface area contributed by atoms with E-state index in [1.165, 1.54) is 0 Å². The number of hydrogen-bond acceptors (Lipinski definition) is 3. The van der Waals surface area contributed by atoms with Crippen molar-refractivity contribution in [2.45, 2.75) is 26.2 Å². The third-order valence-corrected chi connectivity index (χ3v) is 3.51. The van der Waals surface area contributed by atoms with Crippen LogP contribution in [0.25, 0.3) is 0 Å². The normalized spacial score (nSPS) is 15.2. The van der Waals surface area contributed by atoms with Crippen LogP contribution in [0.5, 0.6) is 0 Å². The van der Waals surface area contributed by atoms with Gasteiger partial charge in [-0.05, 0) is 36.8 Å². The first-order valence-corrected chi connectivity index (χ1v) is 7.32. The van der Waals surface area contributed by atoms with Crippen LogP contribution in [-0.4, -0.2) is 40.7 Å². The van der Waals surface area contributed by atoms with E-state index in [2.05, 4.69) is 29.1 Å². The Morgan fingerprint density at radius 2 is 2.24 bits per heavy atom. The second-order valence-corrected chi connectivity index (χ2v) is 5.28. The molecule has 2 rings (SSSR count). The first-order chi connectivity index (χ1) is 10.2. The highest BCUT2D eigenvalue weighted by atomic mass is 16.2. The molecule has 1 aliphatic rings. The molecule has 0 radical (unpaired) electrons. The molecule has 0 unspecified atom stereocenters. The van der Waals surface area contributed by atoms with Crippen molar-refractivity contribution >= 4 is 11.8 Å². The highest BCUT2D eigenvalue weighted by molar-refractivity contribution is 5.88. The van der Waals surface area contributed by atoms with Crippen molar-refractivity contribution in [1.82, 2.24) is 9.88 Å². The summed E-state index contributed by atoms with van der Waals surface area (Å²) in [6, 6.07) is 5.24. The first-order valence-electron chi connectivity index (χ1n) is 7.32. The van der Waals surface area contributed by atoms with Crippen molar-refractivity contribution in [3.8, 4) is 11.8 Å². The monoisotopic (exact) mass is 287 g/mol. The van der Waals surface area contributed by atoms with E-state index in [0.717, 1.165) is 25.9 Å². The van der Waals surface area contributed by atoms with Gasteiger partial charge in [0.15, 0.2) is 0 Å². The van der Waals surface area contributed by atoms with Crippen LogP contribution in [0.4, 0.5) is 10.6 Å². The van der Waals surface area contributed by atoms with Gasteiger partial charge in [0.25, 0.3) is 0 Å². The molecule has 2 N–H and O–H groups in total. The number of nitrogens with zero attached hydrogens (tertiary/aromatic N) is 2. The van der Waals surface area contributed by atoms with Crippen molar-refractivity contribution < 1.29 is 9.90 Å². The molecule has 2 amide bonds. The fourth-order valence-corrected chi connectivity index (χ4v) is 2.18. The van der Waals surface area contributed by atoms with Crippen molar-refractivity contribution in [1.29, 1.82) is 0 Å². The number of aliphatic hydroxyl groups excluding tert-OH is 1. The maximum absolute atomic E-state index is 12.2. The van der Waals surface area contributed by atoms with E-state index < -0.39 is 0 Å². The van der Waals surface area contributed by atoms with E-state index in [1.807, 2.05) is 11.0 Å². The van der Waals surface area contributed by atoms with Gasteiger partial charge in [0.1, 0.15) is 11.5 Å². The number of rotatable bonds is 2. The molecule has 2 heterocycles. The number of urea groups is 1. The Kier molecular flexibility index (Phi) is 5.59. The van der Waals surface area contributed by atoms with Gasteiger partial charge in [0.05, 0.1) is 6.61 Å². The lowest BCUT2D eigenvalue weighted by molar-refractivity contribution is 0.186. The Labute approximate surface area is 125 Å². The number of likely N-dealkylation sites (tertiary alicyclic amines) is 1. The third kappa shape index (κ3) is 4.76. The summed E-state index contributed by atoms with van der Waals surface area (Å²) >= 11 is 0. The van der Waals surface area contributed by atoms with Crippen LogP contribution in [0.1, 0.15) is 31.9 Å². The minimum Gasteiger partial charge on any atom is -0.395 e. The summed E-state index contributed by atoms with van der Waals surface area (Å²) in [6.07, 6.45) is 2.52. The number of amides is 2. The molecule has 112 valence electrons. The fraction of sp³-hybridized carbons (Fsp3) is 0.500. The average molecular weight is 287 g/mol. The van der Waals surface area contributed by atoms with Gasteiger partial charge in [-0.15, -0.1) is 0 Å². The van der Waals surface area contributed by atoms with Crippen LogP contribution in [-0.2, 0) is 0 Å². The minimum atomic E-state index is -0.102. The quantitative estimate of drug-likeness (QED) is 0.818. The standard InChI is InChI=1S/C16H21N3O2/c1-13-8-10-19(11-9-13)16(21)18-15-7-4-6-14(17-15)5-2-3-12-20/h4,6-7,13,20H,3,8-12H2,1H3,(H,17,18,21).